The fourth-order valence-electron chi connectivity index (χ4n) is 2.99. The summed E-state index contributed by atoms with van der Waals surface area (Å²) in [7, 11) is 0. The topological polar surface area (TPSA) is 46.0 Å². The van der Waals surface area contributed by atoms with Crippen molar-refractivity contribution in [2.24, 2.45) is 0 Å². The van der Waals surface area contributed by atoms with Crippen LogP contribution < -0.4 is 5.63 Å². The van der Waals surface area contributed by atoms with Gasteiger partial charge in [-0.1, -0.05) is 24.3 Å². The van der Waals surface area contributed by atoms with Gasteiger partial charge in [0.25, 0.3) is 0 Å². The summed E-state index contributed by atoms with van der Waals surface area (Å²) in [6.07, 6.45) is -4.62. The highest BCUT2D eigenvalue weighted by Crippen LogP contribution is 2.38. The minimum absolute atomic E-state index is 0.0714. The van der Waals surface area contributed by atoms with E-state index in [0.29, 0.717) is 11.6 Å². The molecule has 4 rings (SSSR count). The molecule has 0 fully saturated rings. The minimum Gasteiger partial charge on any atom is -0.420 e. The normalized spacial score (nSPS) is 12.5. The summed E-state index contributed by atoms with van der Waals surface area (Å²) in [5, 5.41) is 1.47. The predicted molar refractivity (Wildman–Crippen MR) is 81.6 cm³/mol. The molecule has 0 unspecified atom stereocenters. The zero-order valence-electron chi connectivity index (χ0n) is 11.9. The molecule has 2 aromatic carbocycles. The fourth-order valence-corrected chi connectivity index (χ4v) is 2.99. The van der Waals surface area contributed by atoms with E-state index in [0.717, 1.165) is 21.9 Å². The van der Waals surface area contributed by atoms with E-state index in [-0.39, 0.29) is 11.0 Å². The molecule has 23 heavy (non-hydrogen) atoms. The lowest BCUT2D eigenvalue weighted by Crippen LogP contribution is -2.11. The van der Waals surface area contributed by atoms with Crippen LogP contribution in [0, 0.1) is 6.92 Å². The molecule has 0 amide bonds. The Morgan fingerprint density at radius 1 is 1.00 bits per heavy atom. The van der Waals surface area contributed by atoms with Crippen molar-refractivity contribution in [1.82, 2.24) is 4.98 Å². The molecule has 6 heteroatoms. The molecule has 0 saturated heterocycles. The summed E-state index contributed by atoms with van der Waals surface area (Å²) in [5.74, 6) is 0. The van der Waals surface area contributed by atoms with Crippen molar-refractivity contribution in [1.29, 1.82) is 0 Å². The highest BCUT2D eigenvalue weighted by Gasteiger charge is 2.34. The molecular formula is C17H10F3NO2. The second-order valence-corrected chi connectivity index (χ2v) is 5.46. The number of para-hydroxylation sites is 1. The van der Waals surface area contributed by atoms with Crippen molar-refractivity contribution in [2.45, 2.75) is 13.1 Å². The van der Waals surface area contributed by atoms with Gasteiger partial charge >= 0.3 is 11.8 Å². The molecule has 0 aliphatic heterocycles. The van der Waals surface area contributed by atoms with Crippen molar-refractivity contribution < 1.29 is 17.6 Å². The summed E-state index contributed by atoms with van der Waals surface area (Å²) in [4.78, 5) is 14.7. The summed E-state index contributed by atoms with van der Waals surface area (Å²) in [5.41, 5.74) is 0.0953. The summed E-state index contributed by atoms with van der Waals surface area (Å²) in [6, 6.07) is 9.10. The van der Waals surface area contributed by atoms with Gasteiger partial charge in [-0.25, -0.2) is 4.79 Å². The van der Waals surface area contributed by atoms with Crippen LogP contribution in [0.4, 0.5) is 13.2 Å². The van der Waals surface area contributed by atoms with Gasteiger partial charge in [0.2, 0.25) is 0 Å². The lowest BCUT2D eigenvalue weighted by Gasteiger charge is -2.09. The van der Waals surface area contributed by atoms with Crippen molar-refractivity contribution >= 4 is 32.8 Å². The first-order chi connectivity index (χ1) is 10.9. The van der Waals surface area contributed by atoms with E-state index in [4.69, 9.17) is 4.42 Å². The van der Waals surface area contributed by atoms with E-state index >= 15 is 0 Å². The summed E-state index contributed by atoms with van der Waals surface area (Å²) < 4.78 is 44.6. The number of aryl methyl sites for hydroxylation is 1. The van der Waals surface area contributed by atoms with Crippen molar-refractivity contribution in [3.05, 3.63) is 57.9 Å². The van der Waals surface area contributed by atoms with Crippen LogP contribution >= 0.6 is 0 Å². The molecule has 0 aliphatic rings. The minimum atomic E-state index is -4.62. The quantitative estimate of drug-likeness (QED) is 0.476. The van der Waals surface area contributed by atoms with Crippen LogP contribution in [-0.4, -0.2) is 4.98 Å². The van der Waals surface area contributed by atoms with Gasteiger partial charge in [0, 0.05) is 27.7 Å². The molecule has 116 valence electrons. The van der Waals surface area contributed by atoms with Crippen LogP contribution in [0.15, 0.2) is 45.6 Å². The van der Waals surface area contributed by atoms with Crippen LogP contribution in [0.1, 0.15) is 11.1 Å². The number of fused-ring (bicyclic) bond motifs is 5. The summed E-state index contributed by atoms with van der Waals surface area (Å²) in [6.45, 7) is 1.90. The molecule has 2 heterocycles. The van der Waals surface area contributed by atoms with Gasteiger partial charge in [-0.3, -0.25) is 0 Å². The monoisotopic (exact) mass is 317 g/mol. The Hall–Kier alpha value is -2.76. The first-order valence-electron chi connectivity index (χ1n) is 6.91. The first-order valence-corrected chi connectivity index (χ1v) is 6.91. The summed E-state index contributed by atoms with van der Waals surface area (Å²) >= 11 is 0. The van der Waals surface area contributed by atoms with Gasteiger partial charge in [-0.15, -0.1) is 0 Å². The molecule has 4 aromatic rings. The Kier molecular flexibility index (Phi) is 2.64. The third-order valence-electron chi connectivity index (χ3n) is 4.03. The van der Waals surface area contributed by atoms with E-state index in [2.05, 4.69) is 4.98 Å². The lowest BCUT2D eigenvalue weighted by molar-refractivity contribution is -0.136. The van der Waals surface area contributed by atoms with Crippen molar-refractivity contribution in [3.8, 4) is 0 Å². The molecule has 0 atom stereocenters. The maximum Gasteiger partial charge on any atom is 0.417 e. The van der Waals surface area contributed by atoms with Gasteiger partial charge < -0.3 is 9.40 Å². The van der Waals surface area contributed by atoms with E-state index in [1.807, 2.05) is 25.1 Å². The highest BCUT2D eigenvalue weighted by molar-refractivity contribution is 6.16. The number of rotatable bonds is 0. The number of H-pyrrole nitrogens is 1. The van der Waals surface area contributed by atoms with Gasteiger partial charge in [0.05, 0.1) is 11.1 Å². The average Bonchev–Trinajstić information content (AvgIpc) is 2.86. The van der Waals surface area contributed by atoms with Crippen molar-refractivity contribution in [2.75, 3.05) is 0 Å². The smallest absolute Gasteiger partial charge is 0.417 e. The average molecular weight is 317 g/mol. The molecule has 1 N–H and O–H groups in total. The molecule has 3 nitrogen and oxygen atoms in total. The molecule has 2 aromatic heterocycles. The molecule has 0 radical (unpaired) electrons. The maximum atomic E-state index is 13.2. The zero-order chi connectivity index (χ0) is 16.4. The SMILES string of the molecule is Cc1cccc2c1[nH]c1c2ccc2c(C(F)(F)F)cc(=O)oc21. The van der Waals surface area contributed by atoms with Crippen molar-refractivity contribution in [3.63, 3.8) is 0 Å². The van der Waals surface area contributed by atoms with E-state index < -0.39 is 17.4 Å². The molecule has 0 spiro atoms. The maximum absolute atomic E-state index is 13.2. The number of halogens is 3. The zero-order valence-corrected chi connectivity index (χ0v) is 11.9. The van der Waals surface area contributed by atoms with Gasteiger partial charge in [0.1, 0.15) is 0 Å². The number of hydrogen-bond donors (Lipinski definition) is 1. The molecule has 0 aliphatic carbocycles. The highest BCUT2D eigenvalue weighted by atomic mass is 19.4. The Morgan fingerprint density at radius 3 is 2.43 bits per heavy atom. The number of aromatic nitrogens is 1. The molecular weight excluding hydrogens is 307 g/mol. The second kappa shape index (κ2) is 4.38. The number of nitrogens with one attached hydrogen (secondary N) is 1. The van der Waals surface area contributed by atoms with E-state index in [1.165, 1.54) is 6.07 Å². The Morgan fingerprint density at radius 2 is 1.70 bits per heavy atom. The van der Waals surface area contributed by atoms with E-state index in [9.17, 15) is 18.0 Å². The third kappa shape index (κ3) is 1.94. The first kappa shape index (κ1) is 13.9. The third-order valence-corrected chi connectivity index (χ3v) is 4.03. The second-order valence-electron chi connectivity index (χ2n) is 5.46. The number of benzene rings is 2. The van der Waals surface area contributed by atoms with Crippen LogP contribution in [-0.2, 0) is 6.18 Å². The van der Waals surface area contributed by atoms with Crippen LogP contribution in [0.2, 0.25) is 0 Å². The largest absolute Gasteiger partial charge is 0.420 e. The predicted octanol–water partition coefficient (Wildman–Crippen LogP) is 4.75. The fraction of sp³-hybridized carbons (Fsp3) is 0.118. The lowest BCUT2D eigenvalue weighted by atomic mass is 10.1. The Balaban J connectivity index is 2.26. The van der Waals surface area contributed by atoms with Crippen LogP contribution in [0.5, 0.6) is 0 Å². The number of hydrogen-bond acceptors (Lipinski definition) is 2. The standard InChI is InChI=1S/C17H10F3NO2/c1-8-3-2-4-9-10-5-6-11-12(17(18,19)20)7-13(22)23-16(11)15(10)21-14(8)9/h2-7,21H,1H3. The number of aromatic amines is 1. The molecule has 0 saturated carbocycles. The number of alkyl halides is 3. The van der Waals surface area contributed by atoms with E-state index in [1.54, 1.807) is 6.07 Å². The van der Waals surface area contributed by atoms with Crippen LogP contribution in [0.3, 0.4) is 0 Å². The van der Waals surface area contributed by atoms with Gasteiger partial charge in [-0.05, 0) is 18.6 Å². The Bertz CT molecular complexity index is 1140. The van der Waals surface area contributed by atoms with Gasteiger partial charge in [-0.2, -0.15) is 13.2 Å². The molecule has 0 bridgehead atoms. The van der Waals surface area contributed by atoms with Gasteiger partial charge in [0.15, 0.2) is 5.58 Å². The van der Waals surface area contributed by atoms with Crippen LogP contribution in [0.25, 0.3) is 32.8 Å². The Labute approximate surface area is 127 Å².